The SMILES string of the molecule is CC(C)CC1NC(=O)N(Cc2cccc(C(=O)Nc3ccccc3)c2)C1=O. The molecule has 1 heterocycles. The lowest BCUT2D eigenvalue weighted by Crippen LogP contribution is -2.31. The van der Waals surface area contributed by atoms with E-state index in [4.69, 9.17) is 0 Å². The molecule has 0 saturated carbocycles. The molecule has 1 saturated heterocycles. The molecule has 1 atom stereocenters. The number of urea groups is 1. The Kier molecular flexibility index (Phi) is 5.54. The summed E-state index contributed by atoms with van der Waals surface area (Å²) in [5.41, 5.74) is 1.91. The maximum absolute atomic E-state index is 12.5. The average molecular weight is 365 g/mol. The van der Waals surface area contributed by atoms with Crippen molar-refractivity contribution in [3.8, 4) is 0 Å². The van der Waals surface area contributed by atoms with Crippen molar-refractivity contribution in [2.75, 3.05) is 5.32 Å². The molecule has 1 unspecified atom stereocenters. The monoisotopic (exact) mass is 365 g/mol. The minimum Gasteiger partial charge on any atom is -0.326 e. The number of nitrogens with one attached hydrogen (secondary N) is 2. The molecular formula is C21H23N3O3. The summed E-state index contributed by atoms with van der Waals surface area (Å²) in [5, 5.41) is 5.56. The van der Waals surface area contributed by atoms with Gasteiger partial charge >= 0.3 is 6.03 Å². The van der Waals surface area contributed by atoms with Gasteiger partial charge in [-0.2, -0.15) is 0 Å². The van der Waals surface area contributed by atoms with Crippen LogP contribution in [0.1, 0.15) is 36.2 Å². The van der Waals surface area contributed by atoms with Crippen LogP contribution in [-0.2, 0) is 11.3 Å². The number of amides is 4. The van der Waals surface area contributed by atoms with Crippen molar-refractivity contribution >= 4 is 23.5 Å². The summed E-state index contributed by atoms with van der Waals surface area (Å²) >= 11 is 0. The Morgan fingerprint density at radius 2 is 1.85 bits per heavy atom. The van der Waals surface area contributed by atoms with Gasteiger partial charge in [0.05, 0.1) is 6.54 Å². The van der Waals surface area contributed by atoms with Gasteiger partial charge in [0.25, 0.3) is 11.8 Å². The summed E-state index contributed by atoms with van der Waals surface area (Å²) in [4.78, 5) is 38.3. The van der Waals surface area contributed by atoms with Crippen LogP contribution in [0.25, 0.3) is 0 Å². The van der Waals surface area contributed by atoms with Gasteiger partial charge in [0.15, 0.2) is 0 Å². The van der Waals surface area contributed by atoms with Gasteiger partial charge in [-0.05, 0) is 42.2 Å². The van der Waals surface area contributed by atoms with Crippen molar-refractivity contribution in [1.82, 2.24) is 10.2 Å². The lowest BCUT2D eigenvalue weighted by Gasteiger charge is -2.14. The van der Waals surface area contributed by atoms with Gasteiger partial charge in [0, 0.05) is 11.3 Å². The van der Waals surface area contributed by atoms with Crippen LogP contribution in [0.5, 0.6) is 0 Å². The molecule has 6 heteroatoms. The maximum Gasteiger partial charge on any atom is 0.325 e. The molecule has 0 spiro atoms. The molecule has 0 bridgehead atoms. The topological polar surface area (TPSA) is 78.5 Å². The Bertz CT molecular complexity index is 849. The number of carbonyl (C=O) groups excluding carboxylic acids is 3. The van der Waals surface area contributed by atoms with Gasteiger partial charge < -0.3 is 10.6 Å². The summed E-state index contributed by atoms with van der Waals surface area (Å²) < 4.78 is 0. The Balaban J connectivity index is 1.70. The predicted octanol–water partition coefficient (Wildman–Crippen LogP) is 3.41. The Morgan fingerprint density at radius 3 is 2.56 bits per heavy atom. The zero-order valence-corrected chi connectivity index (χ0v) is 15.4. The summed E-state index contributed by atoms with van der Waals surface area (Å²) in [7, 11) is 0. The van der Waals surface area contributed by atoms with E-state index >= 15 is 0 Å². The van der Waals surface area contributed by atoms with Crippen LogP contribution in [-0.4, -0.2) is 28.8 Å². The van der Waals surface area contributed by atoms with E-state index in [0.29, 0.717) is 23.6 Å². The van der Waals surface area contributed by atoms with E-state index in [1.54, 1.807) is 24.3 Å². The molecule has 0 radical (unpaired) electrons. The van der Waals surface area contributed by atoms with Crippen molar-refractivity contribution in [1.29, 1.82) is 0 Å². The van der Waals surface area contributed by atoms with E-state index < -0.39 is 6.04 Å². The molecule has 1 aliphatic heterocycles. The third-order valence-electron chi connectivity index (χ3n) is 4.38. The highest BCUT2D eigenvalue weighted by molar-refractivity contribution is 6.05. The number of carbonyl (C=O) groups is 3. The smallest absolute Gasteiger partial charge is 0.325 e. The second-order valence-electron chi connectivity index (χ2n) is 7.08. The summed E-state index contributed by atoms with van der Waals surface area (Å²) in [6.45, 7) is 4.17. The van der Waals surface area contributed by atoms with Crippen LogP contribution in [0, 0.1) is 5.92 Å². The van der Waals surface area contributed by atoms with Crippen LogP contribution in [0.15, 0.2) is 54.6 Å². The Labute approximate surface area is 158 Å². The van der Waals surface area contributed by atoms with E-state index in [0.717, 1.165) is 5.56 Å². The van der Waals surface area contributed by atoms with Crippen LogP contribution < -0.4 is 10.6 Å². The number of hydrogen-bond acceptors (Lipinski definition) is 3. The fourth-order valence-corrected chi connectivity index (χ4v) is 3.08. The number of hydrogen-bond donors (Lipinski definition) is 2. The average Bonchev–Trinajstić information content (AvgIpc) is 2.89. The number of imide groups is 1. The first-order valence-electron chi connectivity index (χ1n) is 9.01. The van der Waals surface area contributed by atoms with Crippen molar-refractivity contribution in [3.05, 3.63) is 65.7 Å². The second-order valence-corrected chi connectivity index (χ2v) is 7.08. The molecule has 27 heavy (non-hydrogen) atoms. The van der Waals surface area contributed by atoms with E-state index in [9.17, 15) is 14.4 Å². The van der Waals surface area contributed by atoms with Crippen molar-refractivity contribution < 1.29 is 14.4 Å². The highest BCUT2D eigenvalue weighted by Gasteiger charge is 2.37. The molecule has 3 rings (SSSR count). The molecule has 1 aliphatic rings. The number of para-hydroxylation sites is 1. The predicted molar refractivity (Wildman–Crippen MR) is 103 cm³/mol. The molecule has 4 amide bonds. The fraction of sp³-hybridized carbons (Fsp3) is 0.286. The Morgan fingerprint density at radius 1 is 1.11 bits per heavy atom. The van der Waals surface area contributed by atoms with E-state index in [-0.39, 0.29) is 24.4 Å². The zero-order valence-electron chi connectivity index (χ0n) is 15.4. The van der Waals surface area contributed by atoms with Crippen molar-refractivity contribution in [3.63, 3.8) is 0 Å². The van der Waals surface area contributed by atoms with E-state index in [1.807, 2.05) is 44.2 Å². The fourth-order valence-electron chi connectivity index (χ4n) is 3.08. The van der Waals surface area contributed by atoms with E-state index in [2.05, 4.69) is 10.6 Å². The zero-order chi connectivity index (χ0) is 19.4. The highest BCUT2D eigenvalue weighted by Crippen LogP contribution is 2.18. The number of benzene rings is 2. The molecule has 1 fully saturated rings. The minimum atomic E-state index is -0.470. The van der Waals surface area contributed by atoms with Crippen LogP contribution >= 0.6 is 0 Å². The number of rotatable bonds is 6. The molecule has 2 aromatic rings. The minimum absolute atomic E-state index is 0.145. The molecular weight excluding hydrogens is 342 g/mol. The third-order valence-corrected chi connectivity index (χ3v) is 4.38. The lowest BCUT2D eigenvalue weighted by molar-refractivity contribution is -0.128. The summed E-state index contributed by atoms with van der Waals surface area (Å²) in [6, 6.07) is 15.3. The van der Waals surface area contributed by atoms with Gasteiger partial charge in [-0.25, -0.2) is 4.79 Å². The molecule has 140 valence electrons. The van der Waals surface area contributed by atoms with Gasteiger partial charge in [-0.3, -0.25) is 14.5 Å². The first kappa shape index (κ1) is 18.6. The standard InChI is InChI=1S/C21H23N3O3/c1-14(2)11-18-20(26)24(21(27)23-18)13-15-7-6-8-16(12-15)19(25)22-17-9-4-3-5-10-17/h3-10,12,14,18H,11,13H2,1-2H3,(H,22,25)(H,23,27). The molecule has 2 aromatic carbocycles. The third kappa shape index (κ3) is 4.53. The lowest BCUT2D eigenvalue weighted by atomic mass is 10.0. The first-order valence-corrected chi connectivity index (χ1v) is 9.01. The van der Waals surface area contributed by atoms with Crippen molar-refractivity contribution in [2.24, 2.45) is 5.92 Å². The van der Waals surface area contributed by atoms with Crippen LogP contribution in [0.4, 0.5) is 10.5 Å². The first-order chi connectivity index (χ1) is 12.9. The maximum atomic E-state index is 12.5. The van der Waals surface area contributed by atoms with Crippen LogP contribution in [0.3, 0.4) is 0 Å². The highest BCUT2D eigenvalue weighted by atomic mass is 16.2. The molecule has 0 aliphatic carbocycles. The van der Waals surface area contributed by atoms with Gasteiger partial charge in [-0.1, -0.05) is 44.2 Å². The molecule has 6 nitrogen and oxygen atoms in total. The van der Waals surface area contributed by atoms with E-state index in [1.165, 1.54) is 4.90 Å². The van der Waals surface area contributed by atoms with Gasteiger partial charge in [-0.15, -0.1) is 0 Å². The Hall–Kier alpha value is -3.15. The summed E-state index contributed by atoms with van der Waals surface area (Å²) in [6.07, 6.45) is 0.612. The van der Waals surface area contributed by atoms with Crippen LogP contribution in [0.2, 0.25) is 0 Å². The van der Waals surface area contributed by atoms with Gasteiger partial charge in [0.2, 0.25) is 0 Å². The van der Waals surface area contributed by atoms with Crippen molar-refractivity contribution in [2.45, 2.75) is 32.9 Å². The molecule has 0 aromatic heterocycles. The van der Waals surface area contributed by atoms with Gasteiger partial charge in [0.1, 0.15) is 6.04 Å². The largest absolute Gasteiger partial charge is 0.326 e. The summed E-state index contributed by atoms with van der Waals surface area (Å²) in [5.74, 6) is -0.144. The normalized spacial score (nSPS) is 16.6. The number of nitrogens with zero attached hydrogens (tertiary/aromatic N) is 1. The quantitative estimate of drug-likeness (QED) is 0.770. The number of anilines is 1. The second kappa shape index (κ2) is 8.03. The molecule has 2 N–H and O–H groups in total.